The molecule has 1 aliphatic carbocycles. The van der Waals surface area contributed by atoms with E-state index >= 15 is 0 Å². The first-order chi connectivity index (χ1) is 8.75. The van der Waals surface area contributed by atoms with Crippen LogP contribution in [0.2, 0.25) is 0 Å². The third-order valence-electron chi connectivity index (χ3n) is 3.11. The Labute approximate surface area is 110 Å². The highest BCUT2D eigenvalue weighted by atomic mass is 32.1. The largest absolute Gasteiger partial charge is 0.225 e. The molecule has 0 saturated carbocycles. The average molecular weight is 260 g/mol. The zero-order chi connectivity index (χ0) is 12.5. The summed E-state index contributed by atoms with van der Waals surface area (Å²) < 4.78 is 0. The summed E-state index contributed by atoms with van der Waals surface area (Å²) in [6.07, 6.45) is 6.45. The summed E-state index contributed by atoms with van der Waals surface area (Å²) in [4.78, 5) is 11.2. The van der Waals surface area contributed by atoms with E-state index in [0.717, 1.165) is 22.5 Å². The van der Waals surface area contributed by atoms with E-state index in [9.17, 15) is 0 Å². The van der Waals surface area contributed by atoms with Crippen LogP contribution in [0.4, 0.5) is 5.82 Å². The maximum absolute atomic E-state index is 4.38. The van der Waals surface area contributed by atoms with Crippen LogP contribution in [0.3, 0.4) is 0 Å². The van der Waals surface area contributed by atoms with Crippen LogP contribution in [-0.4, -0.2) is 16.0 Å². The Hall–Kier alpha value is -1.36. The molecule has 2 aromatic heterocycles. The second-order valence-corrected chi connectivity index (χ2v) is 5.98. The molecule has 94 valence electrons. The van der Waals surface area contributed by atoms with E-state index in [1.807, 2.05) is 13.8 Å². The summed E-state index contributed by atoms with van der Waals surface area (Å²) in [7, 11) is 0. The van der Waals surface area contributed by atoms with Crippen LogP contribution in [0.25, 0.3) is 10.2 Å². The Morgan fingerprint density at radius 1 is 1.22 bits per heavy atom. The molecule has 2 aromatic rings. The van der Waals surface area contributed by atoms with Gasteiger partial charge in [-0.3, -0.25) is 0 Å². The van der Waals surface area contributed by atoms with Crippen LogP contribution >= 0.6 is 11.3 Å². The topological polar surface area (TPSA) is 50.5 Å². The molecule has 18 heavy (non-hydrogen) atoms. The van der Waals surface area contributed by atoms with Gasteiger partial charge in [-0.2, -0.15) is 5.11 Å². The van der Waals surface area contributed by atoms with Crippen LogP contribution in [0.5, 0.6) is 0 Å². The predicted octanol–water partition coefficient (Wildman–Crippen LogP) is 4.06. The molecule has 0 spiro atoms. The van der Waals surface area contributed by atoms with Gasteiger partial charge in [0, 0.05) is 4.88 Å². The molecule has 0 radical (unpaired) electrons. The molecule has 0 bridgehead atoms. The first-order valence-electron chi connectivity index (χ1n) is 6.42. The second kappa shape index (κ2) is 4.72. The van der Waals surface area contributed by atoms with Gasteiger partial charge >= 0.3 is 0 Å². The van der Waals surface area contributed by atoms with Crippen LogP contribution in [0.15, 0.2) is 16.6 Å². The van der Waals surface area contributed by atoms with E-state index in [1.54, 1.807) is 17.7 Å². The summed E-state index contributed by atoms with van der Waals surface area (Å²) in [6, 6.07) is 0.199. The SMILES string of the molecule is CC(C)N=Nc1ncnc2sc3c(c12)CCCC3. The number of aromatic nitrogens is 2. The van der Waals surface area contributed by atoms with Crippen molar-refractivity contribution in [2.24, 2.45) is 10.2 Å². The number of fused-ring (bicyclic) bond motifs is 3. The quantitative estimate of drug-likeness (QED) is 0.764. The Balaban J connectivity index is 2.16. The van der Waals surface area contributed by atoms with Crippen molar-refractivity contribution < 1.29 is 0 Å². The van der Waals surface area contributed by atoms with E-state index in [4.69, 9.17) is 0 Å². The van der Waals surface area contributed by atoms with Crippen molar-refractivity contribution >= 4 is 27.4 Å². The van der Waals surface area contributed by atoms with E-state index in [1.165, 1.54) is 29.7 Å². The third-order valence-corrected chi connectivity index (χ3v) is 4.31. The van der Waals surface area contributed by atoms with Crippen molar-refractivity contribution in [2.45, 2.75) is 45.6 Å². The van der Waals surface area contributed by atoms with E-state index in [2.05, 4.69) is 20.2 Å². The highest BCUT2D eigenvalue weighted by molar-refractivity contribution is 7.18. The molecule has 4 nitrogen and oxygen atoms in total. The number of nitrogens with zero attached hydrogens (tertiary/aromatic N) is 4. The smallest absolute Gasteiger partial charge is 0.186 e. The van der Waals surface area contributed by atoms with Gasteiger partial charge < -0.3 is 0 Å². The van der Waals surface area contributed by atoms with Gasteiger partial charge in [-0.1, -0.05) is 0 Å². The Morgan fingerprint density at radius 2 is 2.06 bits per heavy atom. The fraction of sp³-hybridized carbons (Fsp3) is 0.538. The lowest BCUT2D eigenvalue weighted by Gasteiger charge is -2.10. The second-order valence-electron chi connectivity index (χ2n) is 4.90. The highest BCUT2D eigenvalue weighted by Crippen LogP contribution is 2.39. The molecule has 1 aliphatic rings. The number of azo groups is 1. The van der Waals surface area contributed by atoms with Gasteiger partial charge in [0.25, 0.3) is 0 Å². The Morgan fingerprint density at radius 3 is 2.89 bits per heavy atom. The fourth-order valence-corrected chi connectivity index (χ4v) is 3.54. The van der Waals surface area contributed by atoms with Gasteiger partial charge in [0.05, 0.1) is 11.4 Å². The molecule has 0 aromatic carbocycles. The number of rotatable bonds is 2. The molecule has 2 heterocycles. The molecule has 3 rings (SSSR count). The van der Waals surface area contributed by atoms with Gasteiger partial charge in [-0.25, -0.2) is 9.97 Å². The summed E-state index contributed by atoms with van der Waals surface area (Å²) in [5.74, 6) is 0.744. The molecular weight excluding hydrogens is 244 g/mol. The molecule has 0 atom stereocenters. The summed E-state index contributed by atoms with van der Waals surface area (Å²) in [6.45, 7) is 4.04. The maximum Gasteiger partial charge on any atom is 0.186 e. The normalized spacial score (nSPS) is 15.7. The zero-order valence-electron chi connectivity index (χ0n) is 10.7. The lowest BCUT2D eigenvalue weighted by atomic mass is 9.97. The molecule has 0 saturated heterocycles. The van der Waals surface area contributed by atoms with Crippen molar-refractivity contribution in [3.8, 4) is 0 Å². The van der Waals surface area contributed by atoms with Crippen molar-refractivity contribution in [3.05, 3.63) is 16.8 Å². The molecule has 0 unspecified atom stereocenters. The minimum Gasteiger partial charge on any atom is -0.225 e. The minimum absolute atomic E-state index is 0.199. The molecular formula is C13H16N4S. The highest BCUT2D eigenvalue weighted by Gasteiger charge is 2.19. The molecule has 0 amide bonds. The number of hydrogen-bond acceptors (Lipinski definition) is 5. The van der Waals surface area contributed by atoms with Crippen LogP contribution in [-0.2, 0) is 12.8 Å². The Bertz CT molecular complexity index is 600. The number of hydrogen-bond donors (Lipinski definition) is 0. The predicted molar refractivity (Wildman–Crippen MR) is 73.7 cm³/mol. The van der Waals surface area contributed by atoms with Gasteiger partial charge in [-0.15, -0.1) is 16.5 Å². The summed E-state index contributed by atoms with van der Waals surface area (Å²) in [5, 5.41) is 9.65. The molecule has 5 heteroatoms. The molecule has 0 fully saturated rings. The molecule has 0 aliphatic heterocycles. The van der Waals surface area contributed by atoms with Crippen molar-refractivity contribution in [1.29, 1.82) is 0 Å². The van der Waals surface area contributed by atoms with Gasteiger partial charge in [0.2, 0.25) is 0 Å². The zero-order valence-corrected chi connectivity index (χ0v) is 11.5. The van der Waals surface area contributed by atoms with Crippen LogP contribution in [0, 0.1) is 0 Å². The third kappa shape index (κ3) is 2.03. The monoisotopic (exact) mass is 260 g/mol. The van der Waals surface area contributed by atoms with Crippen LogP contribution < -0.4 is 0 Å². The van der Waals surface area contributed by atoms with Gasteiger partial charge in [-0.05, 0) is 45.1 Å². The van der Waals surface area contributed by atoms with Gasteiger partial charge in [0.1, 0.15) is 11.2 Å². The van der Waals surface area contributed by atoms with Crippen LogP contribution in [0.1, 0.15) is 37.1 Å². The summed E-state index contributed by atoms with van der Waals surface area (Å²) in [5.41, 5.74) is 1.42. The van der Waals surface area contributed by atoms with E-state index in [0.29, 0.717) is 0 Å². The van der Waals surface area contributed by atoms with Crippen molar-refractivity contribution in [3.63, 3.8) is 0 Å². The first-order valence-corrected chi connectivity index (χ1v) is 7.23. The van der Waals surface area contributed by atoms with Crippen molar-refractivity contribution in [2.75, 3.05) is 0 Å². The fourth-order valence-electron chi connectivity index (χ4n) is 2.32. The maximum atomic E-state index is 4.38. The lowest BCUT2D eigenvalue weighted by molar-refractivity contribution is 0.700. The first kappa shape index (κ1) is 11.7. The van der Waals surface area contributed by atoms with E-state index < -0.39 is 0 Å². The minimum atomic E-state index is 0.199. The van der Waals surface area contributed by atoms with Crippen molar-refractivity contribution in [1.82, 2.24) is 9.97 Å². The Kier molecular flexibility index (Phi) is 3.07. The van der Waals surface area contributed by atoms with Gasteiger partial charge in [0.15, 0.2) is 5.82 Å². The molecule has 0 N–H and O–H groups in total. The van der Waals surface area contributed by atoms with E-state index in [-0.39, 0.29) is 6.04 Å². The summed E-state index contributed by atoms with van der Waals surface area (Å²) >= 11 is 1.80. The number of aryl methyl sites for hydroxylation is 2. The standard InChI is InChI=1S/C13H16N4S/c1-8(2)16-17-12-11-9-5-3-4-6-10(9)18-13(11)15-7-14-12/h7-8H,3-6H2,1-2H3. The number of thiophene rings is 1. The average Bonchev–Trinajstić information content (AvgIpc) is 2.75. The lowest BCUT2D eigenvalue weighted by Crippen LogP contribution is -1.98.